The average Bonchev–Trinajstić information content (AvgIpc) is 2.46. The van der Waals surface area contributed by atoms with Crippen LogP contribution in [0.5, 0.6) is 5.75 Å². The van der Waals surface area contributed by atoms with Gasteiger partial charge in [0.2, 0.25) is 0 Å². The quantitative estimate of drug-likeness (QED) is 0.811. The number of hydrogen-bond donors (Lipinski definition) is 2. The van der Waals surface area contributed by atoms with Crippen molar-refractivity contribution in [1.82, 2.24) is 5.32 Å². The molecule has 0 aliphatic carbocycles. The van der Waals surface area contributed by atoms with Gasteiger partial charge in [0.15, 0.2) is 5.11 Å². The van der Waals surface area contributed by atoms with Gasteiger partial charge >= 0.3 is 0 Å². The van der Waals surface area contributed by atoms with Gasteiger partial charge in [0.05, 0.1) is 6.10 Å². The molecule has 0 radical (unpaired) electrons. The molecule has 0 heterocycles. The van der Waals surface area contributed by atoms with E-state index in [2.05, 4.69) is 10.6 Å². The number of hydrogen-bond acceptors (Lipinski definition) is 3. The summed E-state index contributed by atoms with van der Waals surface area (Å²) >= 11 is 11.0. The predicted molar refractivity (Wildman–Crippen MR) is 97.3 cm³/mol. The van der Waals surface area contributed by atoms with E-state index in [0.717, 1.165) is 11.4 Å². The van der Waals surface area contributed by atoms with Gasteiger partial charge in [-0.2, -0.15) is 0 Å². The molecule has 2 N–H and O–H groups in total. The Hall–Kier alpha value is -2.11. The minimum atomic E-state index is -0.320. The fourth-order valence-corrected chi connectivity index (χ4v) is 2.29. The lowest BCUT2D eigenvalue weighted by molar-refractivity contribution is 0.0977. The van der Waals surface area contributed by atoms with Gasteiger partial charge in [-0.15, -0.1) is 0 Å². The Balaban J connectivity index is 1.98. The van der Waals surface area contributed by atoms with Crippen LogP contribution >= 0.6 is 23.8 Å². The molecular formula is C17H17ClN2O2S. The van der Waals surface area contributed by atoms with E-state index in [9.17, 15) is 4.79 Å². The number of halogens is 1. The standard InChI is InChI=1S/C17H17ClN2O2S/c1-11(2)22-15-8-4-7-14(10-15)19-17(23)20-16(21)12-5-3-6-13(18)9-12/h3-11H,1-2H3,(H2,19,20,21,23). The number of rotatable bonds is 4. The number of anilines is 1. The van der Waals surface area contributed by atoms with Gasteiger partial charge in [-0.05, 0) is 56.4 Å². The van der Waals surface area contributed by atoms with Crippen LogP contribution in [-0.2, 0) is 0 Å². The van der Waals surface area contributed by atoms with Gasteiger partial charge in [-0.25, -0.2) is 0 Å². The van der Waals surface area contributed by atoms with Crippen LogP contribution in [0.1, 0.15) is 24.2 Å². The molecule has 0 aliphatic heterocycles. The highest BCUT2D eigenvalue weighted by Crippen LogP contribution is 2.18. The Bertz CT molecular complexity index is 719. The minimum absolute atomic E-state index is 0.0831. The molecule has 2 aromatic carbocycles. The van der Waals surface area contributed by atoms with Gasteiger partial charge in [-0.1, -0.05) is 23.7 Å². The zero-order chi connectivity index (χ0) is 16.8. The maximum Gasteiger partial charge on any atom is 0.257 e. The third kappa shape index (κ3) is 5.54. The zero-order valence-electron chi connectivity index (χ0n) is 12.8. The minimum Gasteiger partial charge on any atom is -0.491 e. The summed E-state index contributed by atoms with van der Waals surface area (Å²) in [5.74, 6) is 0.411. The molecule has 0 unspecified atom stereocenters. The SMILES string of the molecule is CC(C)Oc1cccc(NC(=S)NC(=O)c2cccc(Cl)c2)c1. The molecule has 0 fully saturated rings. The largest absolute Gasteiger partial charge is 0.491 e. The Kier molecular flexibility index (Phi) is 5.96. The number of benzene rings is 2. The molecule has 0 atom stereocenters. The molecule has 0 saturated carbocycles. The fraction of sp³-hybridized carbons (Fsp3) is 0.176. The van der Waals surface area contributed by atoms with E-state index in [1.165, 1.54) is 0 Å². The molecule has 0 aliphatic rings. The molecule has 0 spiro atoms. The summed E-state index contributed by atoms with van der Waals surface area (Å²) in [6.07, 6.45) is 0.0831. The molecule has 1 amide bonds. The van der Waals surface area contributed by atoms with E-state index < -0.39 is 0 Å². The summed E-state index contributed by atoms with van der Waals surface area (Å²) in [5, 5.41) is 6.27. The number of ether oxygens (including phenoxy) is 1. The molecular weight excluding hydrogens is 332 g/mol. The first-order chi connectivity index (χ1) is 10.9. The maximum atomic E-state index is 12.1. The van der Waals surface area contributed by atoms with Gasteiger partial charge in [0.25, 0.3) is 5.91 Å². The topological polar surface area (TPSA) is 50.4 Å². The van der Waals surface area contributed by atoms with Crippen LogP contribution in [-0.4, -0.2) is 17.1 Å². The second-order valence-electron chi connectivity index (χ2n) is 5.11. The van der Waals surface area contributed by atoms with Crippen molar-refractivity contribution in [1.29, 1.82) is 0 Å². The van der Waals surface area contributed by atoms with Gasteiger partial charge in [0, 0.05) is 22.3 Å². The van der Waals surface area contributed by atoms with Crippen molar-refractivity contribution >= 4 is 40.5 Å². The molecule has 2 aromatic rings. The Morgan fingerprint density at radius 1 is 1.17 bits per heavy atom. The third-order valence-electron chi connectivity index (χ3n) is 2.78. The number of amides is 1. The monoisotopic (exact) mass is 348 g/mol. The van der Waals surface area contributed by atoms with E-state index in [4.69, 9.17) is 28.6 Å². The Labute approximate surface area is 145 Å². The maximum absolute atomic E-state index is 12.1. The van der Waals surface area contributed by atoms with Crippen molar-refractivity contribution in [3.8, 4) is 5.75 Å². The molecule has 6 heteroatoms. The van der Waals surface area contributed by atoms with Crippen LogP contribution in [0.4, 0.5) is 5.69 Å². The van der Waals surface area contributed by atoms with Crippen LogP contribution in [0.25, 0.3) is 0 Å². The van der Waals surface area contributed by atoms with Crippen molar-refractivity contribution < 1.29 is 9.53 Å². The van der Waals surface area contributed by atoms with E-state index in [1.807, 2.05) is 38.1 Å². The number of carbonyl (C=O) groups is 1. The Morgan fingerprint density at radius 3 is 2.61 bits per heavy atom. The lowest BCUT2D eigenvalue weighted by atomic mass is 10.2. The molecule has 120 valence electrons. The molecule has 0 bridgehead atoms. The van der Waals surface area contributed by atoms with Crippen molar-refractivity contribution in [2.45, 2.75) is 20.0 Å². The normalized spacial score (nSPS) is 10.3. The number of nitrogens with one attached hydrogen (secondary N) is 2. The first-order valence-electron chi connectivity index (χ1n) is 7.08. The molecule has 2 rings (SSSR count). The lowest BCUT2D eigenvalue weighted by Gasteiger charge is -2.13. The summed E-state index contributed by atoms with van der Waals surface area (Å²) in [4.78, 5) is 12.1. The highest BCUT2D eigenvalue weighted by Gasteiger charge is 2.08. The Morgan fingerprint density at radius 2 is 1.91 bits per heavy atom. The highest BCUT2D eigenvalue weighted by molar-refractivity contribution is 7.80. The molecule has 4 nitrogen and oxygen atoms in total. The first kappa shape index (κ1) is 17.2. The summed E-state index contributed by atoms with van der Waals surface area (Å²) in [6, 6.07) is 14.0. The predicted octanol–water partition coefficient (Wildman–Crippen LogP) is 4.25. The van der Waals surface area contributed by atoms with Crippen molar-refractivity contribution in [2.24, 2.45) is 0 Å². The summed E-state index contributed by atoms with van der Waals surface area (Å²) in [5.41, 5.74) is 1.18. The fourth-order valence-electron chi connectivity index (χ4n) is 1.89. The second kappa shape index (κ2) is 7.94. The van der Waals surface area contributed by atoms with Crippen LogP contribution in [0.3, 0.4) is 0 Å². The van der Waals surface area contributed by atoms with E-state index in [0.29, 0.717) is 10.6 Å². The van der Waals surface area contributed by atoms with E-state index in [-0.39, 0.29) is 17.1 Å². The third-order valence-corrected chi connectivity index (χ3v) is 3.22. The van der Waals surface area contributed by atoms with Gasteiger partial charge in [-0.3, -0.25) is 10.1 Å². The molecule has 23 heavy (non-hydrogen) atoms. The zero-order valence-corrected chi connectivity index (χ0v) is 14.4. The van der Waals surface area contributed by atoms with E-state index in [1.54, 1.807) is 24.3 Å². The van der Waals surface area contributed by atoms with Gasteiger partial charge in [0.1, 0.15) is 5.75 Å². The van der Waals surface area contributed by atoms with Crippen molar-refractivity contribution in [2.75, 3.05) is 5.32 Å². The smallest absolute Gasteiger partial charge is 0.257 e. The van der Waals surface area contributed by atoms with Crippen LogP contribution in [0, 0.1) is 0 Å². The van der Waals surface area contributed by atoms with Crippen molar-refractivity contribution in [3.05, 3.63) is 59.1 Å². The lowest BCUT2D eigenvalue weighted by Crippen LogP contribution is -2.34. The van der Waals surface area contributed by atoms with E-state index >= 15 is 0 Å². The second-order valence-corrected chi connectivity index (χ2v) is 5.96. The summed E-state index contributed by atoms with van der Waals surface area (Å²) < 4.78 is 5.61. The highest BCUT2D eigenvalue weighted by atomic mass is 35.5. The average molecular weight is 349 g/mol. The number of carbonyl (C=O) groups excluding carboxylic acids is 1. The number of thiocarbonyl (C=S) groups is 1. The summed E-state index contributed by atoms with van der Waals surface area (Å²) in [6.45, 7) is 3.91. The summed E-state index contributed by atoms with van der Waals surface area (Å²) in [7, 11) is 0. The van der Waals surface area contributed by atoms with Crippen LogP contribution in [0.2, 0.25) is 5.02 Å². The molecule has 0 aromatic heterocycles. The van der Waals surface area contributed by atoms with Crippen LogP contribution in [0.15, 0.2) is 48.5 Å². The van der Waals surface area contributed by atoms with Gasteiger partial charge < -0.3 is 10.1 Å². The van der Waals surface area contributed by atoms with Crippen molar-refractivity contribution in [3.63, 3.8) is 0 Å². The molecule has 0 saturated heterocycles. The first-order valence-corrected chi connectivity index (χ1v) is 7.87. The van der Waals surface area contributed by atoms with Crippen LogP contribution < -0.4 is 15.4 Å².